The number of para-hydroxylation sites is 2. The summed E-state index contributed by atoms with van der Waals surface area (Å²) in [4.78, 5) is 9.31. The monoisotopic (exact) mass is 571 g/mol. The minimum absolute atomic E-state index is 0.167. The lowest BCUT2D eigenvalue weighted by atomic mass is 9.91. The number of hydrogen-bond donors (Lipinski definition) is 1. The van der Waals surface area contributed by atoms with Crippen LogP contribution in [0.15, 0.2) is 85.2 Å². The molecule has 4 heterocycles. The molecule has 0 unspecified atom stereocenters. The molecule has 0 amide bonds. The number of nitrogens with zero attached hydrogens (tertiary/aromatic N) is 4. The first-order chi connectivity index (χ1) is 19.4. The van der Waals surface area contributed by atoms with Gasteiger partial charge in [0, 0.05) is 36.9 Å². The molecule has 6 rings (SSSR count). The summed E-state index contributed by atoms with van der Waals surface area (Å²) >= 11 is 13.0. The van der Waals surface area contributed by atoms with Gasteiger partial charge >= 0.3 is 0 Å². The summed E-state index contributed by atoms with van der Waals surface area (Å²) in [6, 6.07) is 24.2. The molecule has 4 aromatic rings. The van der Waals surface area contributed by atoms with Crippen molar-refractivity contribution in [3.63, 3.8) is 0 Å². The first-order valence-corrected chi connectivity index (χ1v) is 14.6. The van der Waals surface area contributed by atoms with Crippen molar-refractivity contribution in [1.29, 1.82) is 0 Å². The van der Waals surface area contributed by atoms with E-state index in [9.17, 15) is 0 Å². The Hall–Kier alpha value is -3.55. The van der Waals surface area contributed by atoms with Crippen LogP contribution in [-0.2, 0) is 0 Å². The highest BCUT2D eigenvalue weighted by Crippen LogP contribution is 2.44. The Morgan fingerprint density at radius 2 is 1.73 bits per heavy atom. The van der Waals surface area contributed by atoms with Crippen LogP contribution in [-0.4, -0.2) is 34.9 Å². The molecule has 2 aliphatic rings. The van der Waals surface area contributed by atoms with Crippen molar-refractivity contribution in [3.8, 4) is 11.4 Å². The van der Waals surface area contributed by atoms with E-state index in [2.05, 4.69) is 76.1 Å². The van der Waals surface area contributed by atoms with Crippen molar-refractivity contribution in [1.82, 2.24) is 14.9 Å². The largest absolute Gasteiger partial charge is 0.495 e. The number of nitrogens with one attached hydrogen (secondary N) is 1. The van der Waals surface area contributed by atoms with Gasteiger partial charge in [-0.25, -0.2) is 0 Å². The number of benzene rings is 2. The zero-order valence-corrected chi connectivity index (χ0v) is 24.6. The molecule has 8 heteroatoms. The van der Waals surface area contributed by atoms with Gasteiger partial charge in [0.25, 0.3) is 0 Å². The van der Waals surface area contributed by atoms with Crippen LogP contribution in [0.3, 0.4) is 0 Å². The van der Waals surface area contributed by atoms with Crippen LogP contribution in [0.2, 0.25) is 5.02 Å². The van der Waals surface area contributed by atoms with Gasteiger partial charge in [-0.3, -0.25) is 4.98 Å². The molecule has 0 aliphatic carbocycles. The minimum atomic E-state index is -0.181. The van der Waals surface area contributed by atoms with Crippen molar-refractivity contribution < 1.29 is 4.74 Å². The van der Waals surface area contributed by atoms with Crippen LogP contribution < -0.4 is 19.9 Å². The second kappa shape index (κ2) is 11.1. The fourth-order valence-electron chi connectivity index (χ4n) is 6.38. The molecule has 0 spiro atoms. The maximum atomic E-state index is 7.01. The average molecular weight is 572 g/mol. The summed E-state index contributed by atoms with van der Waals surface area (Å²) < 4.78 is 7.90. The Morgan fingerprint density at radius 1 is 0.950 bits per heavy atom. The second-order valence-corrected chi connectivity index (χ2v) is 11.8. The highest BCUT2D eigenvalue weighted by Gasteiger charge is 2.42. The normalized spacial score (nSPS) is 22.9. The number of thiocarbonyl (C=S) groups is 1. The molecule has 2 saturated heterocycles. The Kier molecular flexibility index (Phi) is 7.43. The standard InChI is InChI=1S/C32H34ClN5OS/c1-21-17-22(2)20-36(19-21)26-14-13-23(18-24(26)33)38-31(30(35-32(38)40)25-9-6-7-15-34-25)28-11-8-16-37(28)27-10-4-5-12-29(27)39-3/h4-16,18,21-22,30-31H,17,19-20H2,1-3H3,(H,35,40)/t21-,22+,30-,31-/m0/s1. The summed E-state index contributed by atoms with van der Waals surface area (Å²) in [6.07, 6.45) is 5.14. The molecular weight excluding hydrogens is 538 g/mol. The average Bonchev–Trinajstić information content (AvgIpc) is 3.57. The van der Waals surface area contributed by atoms with Gasteiger partial charge in [-0.15, -0.1) is 0 Å². The molecule has 2 aromatic heterocycles. The van der Waals surface area contributed by atoms with Crippen LogP contribution in [0.5, 0.6) is 5.75 Å². The molecule has 4 atom stereocenters. The molecule has 40 heavy (non-hydrogen) atoms. The summed E-state index contributed by atoms with van der Waals surface area (Å²) in [5.41, 5.74) is 4.97. The fraction of sp³-hybridized carbons (Fsp3) is 0.312. The van der Waals surface area contributed by atoms with E-state index in [-0.39, 0.29) is 12.1 Å². The highest BCUT2D eigenvalue weighted by atomic mass is 35.5. The van der Waals surface area contributed by atoms with Crippen LogP contribution in [0.1, 0.15) is 43.7 Å². The highest BCUT2D eigenvalue weighted by molar-refractivity contribution is 7.80. The van der Waals surface area contributed by atoms with Crippen molar-refractivity contribution in [2.24, 2.45) is 11.8 Å². The lowest BCUT2D eigenvalue weighted by Gasteiger charge is -2.37. The number of piperidine rings is 1. The van der Waals surface area contributed by atoms with E-state index in [0.29, 0.717) is 16.9 Å². The van der Waals surface area contributed by atoms with Crippen molar-refractivity contribution in [3.05, 3.63) is 102 Å². The summed E-state index contributed by atoms with van der Waals surface area (Å²) in [5, 5.41) is 4.94. The first-order valence-electron chi connectivity index (χ1n) is 13.8. The first kappa shape index (κ1) is 26.7. The number of halogens is 1. The van der Waals surface area contributed by atoms with Gasteiger partial charge in [0.15, 0.2) is 5.11 Å². The zero-order valence-electron chi connectivity index (χ0n) is 23.0. The van der Waals surface area contributed by atoms with E-state index in [1.165, 1.54) is 6.42 Å². The number of rotatable bonds is 6. The van der Waals surface area contributed by atoms with Crippen LogP contribution in [0.25, 0.3) is 5.69 Å². The molecule has 206 valence electrons. The van der Waals surface area contributed by atoms with Crippen molar-refractivity contribution in [2.45, 2.75) is 32.4 Å². The molecule has 0 bridgehead atoms. The second-order valence-electron chi connectivity index (χ2n) is 11.0. The number of ether oxygens (including phenoxy) is 1. The molecule has 1 N–H and O–H groups in total. The van der Waals surface area contributed by atoms with Gasteiger partial charge in [-0.1, -0.05) is 43.6 Å². The lowest BCUT2D eigenvalue weighted by Crippen LogP contribution is -2.38. The molecular formula is C32H34ClN5OS. The Bertz CT molecular complexity index is 1500. The van der Waals surface area contributed by atoms with Crippen molar-refractivity contribution >= 4 is 40.3 Å². The number of anilines is 2. The van der Waals surface area contributed by atoms with Gasteiger partial charge in [0.1, 0.15) is 11.8 Å². The molecule has 6 nitrogen and oxygen atoms in total. The number of methoxy groups -OCH3 is 1. The summed E-state index contributed by atoms with van der Waals surface area (Å²) in [6.45, 7) is 6.67. The predicted molar refractivity (Wildman–Crippen MR) is 167 cm³/mol. The smallest absolute Gasteiger partial charge is 0.174 e. The van der Waals surface area contributed by atoms with Crippen molar-refractivity contribution in [2.75, 3.05) is 30.0 Å². The van der Waals surface area contributed by atoms with Crippen LogP contribution in [0.4, 0.5) is 11.4 Å². The molecule has 2 aromatic carbocycles. The van der Waals surface area contributed by atoms with E-state index in [4.69, 9.17) is 33.5 Å². The molecule has 2 fully saturated rings. The molecule has 2 aliphatic heterocycles. The third-order valence-corrected chi connectivity index (χ3v) is 8.56. The Morgan fingerprint density at radius 3 is 2.45 bits per heavy atom. The Balaban J connectivity index is 1.44. The maximum absolute atomic E-state index is 7.01. The predicted octanol–water partition coefficient (Wildman–Crippen LogP) is 7.19. The third-order valence-electron chi connectivity index (χ3n) is 7.95. The zero-order chi connectivity index (χ0) is 27.8. The van der Waals surface area contributed by atoms with Gasteiger partial charge < -0.3 is 24.4 Å². The molecule has 0 saturated carbocycles. The van der Waals surface area contributed by atoms with E-state index in [1.54, 1.807) is 7.11 Å². The summed E-state index contributed by atoms with van der Waals surface area (Å²) in [7, 11) is 1.70. The SMILES string of the molecule is COc1ccccc1-n1cccc1[C@H]1[C@H](c2ccccn2)NC(=S)N1c1ccc(N2C[C@H](C)C[C@H](C)C2)c(Cl)c1. The third kappa shape index (κ3) is 4.93. The van der Waals surface area contributed by atoms with E-state index in [1.807, 2.05) is 42.6 Å². The van der Waals surface area contributed by atoms with E-state index < -0.39 is 0 Å². The topological polar surface area (TPSA) is 45.6 Å². The maximum Gasteiger partial charge on any atom is 0.174 e. The van der Waals surface area contributed by atoms with Gasteiger partial charge in [0.2, 0.25) is 0 Å². The van der Waals surface area contributed by atoms with Gasteiger partial charge in [0.05, 0.1) is 35.2 Å². The minimum Gasteiger partial charge on any atom is -0.495 e. The summed E-state index contributed by atoms with van der Waals surface area (Å²) in [5.74, 6) is 2.08. The lowest BCUT2D eigenvalue weighted by molar-refractivity contribution is 0.357. The van der Waals surface area contributed by atoms with Gasteiger partial charge in [-0.2, -0.15) is 0 Å². The number of pyridine rings is 1. The van der Waals surface area contributed by atoms with E-state index >= 15 is 0 Å². The number of aromatic nitrogens is 2. The Labute approximate surface area is 246 Å². The van der Waals surface area contributed by atoms with E-state index in [0.717, 1.165) is 52.3 Å². The van der Waals surface area contributed by atoms with Crippen LogP contribution in [0, 0.1) is 11.8 Å². The number of hydrogen-bond acceptors (Lipinski definition) is 4. The van der Waals surface area contributed by atoms with Gasteiger partial charge in [-0.05, 0) is 85.1 Å². The van der Waals surface area contributed by atoms with Crippen LogP contribution >= 0.6 is 23.8 Å². The molecule has 0 radical (unpaired) electrons. The fourth-order valence-corrected chi connectivity index (χ4v) is 7.02. The quantitative estimate of drug-likeness (QED) is 0.247.